The number of rotatable bonds is 9. The third-order valence-corrected chi connectivity index (χ3v) is 7.43. The molecule has 0 aromatic heterocycles. The van der Waals surface area contributed by atoms with Crippen LogP contribution in [0.5, 0.6) is 5.75 Å². The molecular formula is C22H23N3O6S2. The Morgan fingerprint density at radius 2 is 1.48 bits per heavy atom. The molecule has 0 fully saturated rings. The zero-order chi connectivity index (χ0) is 24.1. The number of carbonyl (C=O) groups is 1. The van der Waals surface area contributed by atoms with Crippen molar-refractivity contribution in [3.8, 4) is 5.75 Å². The quantitative estimate of drug-likeness (QED) is 0.474. The maximum atomic E-state index is 12.9. The number of amides is 1. The van der Waals surface area contributed by atoms with Crippen LogP contribution in [0.15, 0.2) is 88.7 Å². The minimum atomic E-state index is -3.81. The molecule has 0 atom stereocenters. The van der Waals surface area contributed by atoms with Gasteiger partial charge in [0.25, 0.3) is 15.9 Å². The molecule has 9 nitrogen and oxygen atoms in total. The number of nitrogens with two attached hydrogens (primary N) is 1. The molecule has 174 valence electrons. The fourth-order valence-electron chi connectivity index (χ4n) is 2.99. The largest absolute Gasteiger partial charge is 0.484 e. The Morgan fingerprint density at radius 1 is 0.879 bits per heavy atom. The van der Waals surface area contributed by atoms with Crippen molar-refractivity contribution in [2.24, 2.45) is 5.14 Å². The number of anilines is 2. The van der Waals surface area contributed by atoms with E-state index in [0.29, 0.717) is 17.1 Å². The molecule has 0 saturated carbocycles. The lowest BCUT2D eigenvalue weighted by molar-refractivity contribution is -0.118. The molecule has 1 amide bonds. The van der Waals surface area contributed by atoms with Gasteiger partial charge in [-0.1, -0.05) is 18.2 Å². The predicted octanol–water partition coefficient (Wildman–Crippen LogP) is 2.57. The molecule has 0 saturated heterocycles. The minimum Gasteiger partial charge on any atom is -0.484 e. The normalized spacial score (nSPS) is 11.6. The van der Waals surface area contributed by atoms with Crippen LogP contribution in [-0.4, -0.2) is 35.9 Å². The van der Waals surface area contributed by atoms with Gasteiger partial charge in [-0.05, 0) is 67.6 Å². The van der Waals surface area contributed by atoms with E-state index in [-0.39, 0.29) is 22.9 Å². The van der Waals surface area contributed by atoms with E-state index in [1.54, 1.807) is 49.4 Å². The van der Waals surface area contributed by atoms with Crippen LogP contribution in [0.2, 0.25) is 0 Å². The molecule has 33 heavy (non-hydrogen) atoms. The molecule has 0 aliphatic carbocycles. The number of primary sulfonamides is 1. The SMILES string of the molecule is CCN(c1ccc(OCC(=O)Nc2ccc(S(N)(=O)=O)cc2)cc1)S(=O)(=O)c1ccccc1. The Kier molecular flexibility index (Phi) is 7.36. The lowest BCUT2D eigenvalue weighted by atomic mass is 10.3. The average Bonchev–Trinajstić information content (AvgIpc) is 2.79. The molecule has 3 N–H and O–H groups in total. The van der Waals surface area contributed by atoms with Crippen molar-refractivity contribution in [3.05, 3.63) is 78.9 Å². The van der Waals surface area contributed by atoms with Crippen LogP contribution in [0, 0.1) is 0 Å². The summed E-state index contributed by atoms with van der Waals surface area (Å²) in [5.41, 5.74) is 0.851. The van der Waals surface area contributed by atoms with Crippen LogP contribution in [0.25, 0.3) is 0 Å². The lowest BCUT2D eigenvalue weighted by Gasteiger charge is -2.23. The first-order valence-corrected chi connectivity index (χ1v) is 12.8. The lowest BCUT2D eigenvalue weighted by Crippen LogP contribution is -2.30. The second kappa shape index (κ2) is 10.0. The highest BCUT2D eigenvalue weighted by atomic mass is 32.2. The molecule has 0 spiro atoms. The smallest absolute Gasteiger partial charge is 0.264 e. The Labute approximate surface area is 192 Å². The number of hydrogen-bond donors (Lipinski definition) is 2. The summed E-state index contributed by atoms with van der Waals surface area (Å²) in [6.45, 7) is 1.69. The summed E-state index contributed by atoms with van der Waals surface area (Å²) in [5, 5.41) is 7.62. The number of ether oxygens (including phenoxy) is 1. The highest BCUT2D eigenvalue weighted by Gasteiger charge is 2.23. The van der Waals surface area contributed by atoms with E-state index in [4.69, 9.17) is 9.88 Å². The van der Waals surface area contributed by atoms with Crippen molar-refractivity contribution in [1.29, 1.82) is 0 Å². The van der Waals surface area contributed by atoms with Crippen molar-refractivity contribution in [2.45, 2.75) is 16.7 Å². The van der Waals surface area contributed by atoms with E-state index in [2.05, 4.69) is 5.32 Å². The van der Waals surface area contributed by atoms with Gasteiger partial charge in [0.1, 0.15) is 5.75 Å². The van der Waals surface area contributed by atoms with E-state index >= 15 is 0 Å². The molecular weight excluding hydrogens is 466 g/mol. The standard InChI is InChI=1S/C22H23N3O6S2/c1-2-25(33(29,30)21-6-4-3-5-7-21)18-10-12-19(13-11-18)31-16-22(26)24-17-8-14-20(15-9-17)32(23,27)28/h3-15H,2,16H2,1H3,(H,24,26)(H2,23,27,28). The number of benzene rings is 3. The van der Waals surface area contributed by atoms with Gasteiger partial charge in [-0.3, -0.25) is 9.10 Å². The number of sulfonamides is 2. The second-order valence-corrected chi connectivity index (χ2v) is 10.3. The van der Waals surface area contributed by atoms with Gasteiger partial charge in [-0.25, -0.2) is 22.0 Å². The summed E-state index contributed by atoms with van der Waals surface area (Å²) in [5.74, 6) is -0.0732. The van der Waals surface area contributed by atoms with E-state index in [0.717, 1.165) is 0 Å². The Bertz CT molecular complexity index is 1310. The number of nitrogens with one attached hydrogen (secondary N) is 1. The molecule has 0 bridgehead atoms. The van der Waals surface area contributed by atoms with Crippen LogP contribution in [0.3, 0.4) is 0 Å². The summed E-state index contributed by atoms with van der Waals surface area (Å²) in [6, 6.07) is 19.9. The minimum absolute atomic E-state index is 0.0627. The Morgan fingerprint density at radius 3 is 2.03 bits per heavy atom. The topological polar surface area (TPSA) is 136 Å². The zero-order valence-corrected chi connectivity index (χ0v) is 19.3. The summed E-state index contributed by atoms with van der Waals surface area (Å²) < 4.78 is 55.1. The number of hydrogen-bond acceptors (Lipinski definition) is 6. The van der Waals surface area contributed by atoms with Crippen LogP contribution in [0.4, 0.5) is 11.4 Å². The van der Waals surface area contributed by atoms with Crippen LogP contribution < -0.4 is 19.5 Å². The molecule has 3 aromatic carbocycles. The van der Waals surface area contributed by atoms with Crippen molar-refractivity contribution < 1.29 is 26.4 Å². The van der Waals surface area contributed by atoms with Crippen LogP contribution >= 0.6 is 0 Å². The molecule has 0 heterocycles. The van der Waals surface area contributed by atoms with Gasteiger partial charge < -0.3 is 10.1 Å². The third kappa shape index (κ3) is 6.09. The number of nitrogens with zero attached hydrogens (tertiary/aromatic N) is 1. The van der Waals surface area contributed by atoms with E-state index in [1.165, 1.54) is 40.7 Å². The van der Waals surface area contributed by atoms with Gasteiger partial charge in [0, 0.05) is 12.2 Å². The molecule has 0 unspecified atom stereocenters. The molecule has 0 aliphatic rings. The van der Waals surface area contributed by atoms with Gasteiger partial charge in [0.2, 0.25) is 10.0 Å². The zero-order valence-electron chi connectivity index (χ0n) is 17.7. The first-order valence-electron chi connectivity index (χ1n) is 9.84. The van der Waals surface area contributed by atoms with Crippen LogP contribution in [-0.2, 0) is 24.8 Å². The van der Waals surface area contributed by atoms with Gasteiger partial charge in [0.05, 0.1) is 15.5 Å². The van der Waals surface area contributed by atoms with Gasteiger partial charge in [-0.15, -0.1) is 0 Å². The average molecular weight is 490 g/mol. The Balaban J connectivity index is 1.61. The molecule has 0 radical (unpaired) electrons. The fourth-order valence-corrected chi connectivity index (χ4v) is 5.00. The second-order valence-electron chi connectivity index (χ2n) is 6.88. The first-order chi connectivity index (χ1) is 15.6. The summed E-state index contributed by atoms with van der Waals surface area (Å²) in [7, 11) is -7.52. The molecule has 11 heteroatoms. The van der Waals surface area contributed by atoms with Crippen molar-refractivity contribution >= 4 is 37.3 Å². The third-order valence-electron chi connectivity index (χ3n) is 4.58. The maximum Gasteiger partial charge on any atom is 0.264 e. The number of carbonyl (C=O) groups excluding carboxylic acids is 1. The highest BCUT2D eigenvalue weighted by molar-refractivity contribution is 7.92. The van der Waals surface area contributed by atoms with E-state index in [9.17, 15) is 21.6 Å². The van der Waals surface area contributed by atoms with Crippen molar-refractivity contribution in [2.75, 3.05) is 22.8 Å². The summed E-state index contributed by atoms with van der Waals surface area (Å²) >= 11 is 0. The van der Waals surface area contributed by atoms with E-state index in [1.807, 2.05) is 0 Å². The molecule has 0 aliphatic heterocycles. The Hall–Kier alpha value is -3.41. The first kappa shape index (κ1) is 24.2. The fraction of sp³-hybridized carbons (Fsp3) is 0.136. The molecule has 3 aromatic rings. The van der Waals surface area contributed by atoms with Crippen LogP contribution in [0.1, 0.15) is 6.92 Å². The predicted molar refractivity (Wildman–Crippen MR) is 125 cm³/mol. The monoisotopic (exact) mass is 489 g/mol. The highest BCUT2D eigenvalue weighted by Crippen LogP contribution is 2.25. The summed E-state index contributed by atoms with van der Waals surface area (Å²) in [6.07, 6.45) is 0. The molecule has 3 rings (SSSR count). The van der Waals surface area contributed by atoms with Gasteiger partial charge in [0.15, 0.2) is 6.61 Å². The van der Waals surface area contributed by atoms with Crippen molar-refractivity contribution in [3.63, 3.8) is 0 Å². The van der Waals surface area contributed by atoms with Crippen molar-refractivity contribution in [1.82, 2.24) is 0 Å². The maximum absolute atomic E-state index is 12.9. The van der Waals surface area contributed by atoms with Gasteiger partial charge >= 0.3 is 0 Å². The van der Waals surface area contributed by atoms with Gasteiger partial charge in [-0.2, -0.15) is 0 Å². The summed E-state index contributed by atoms with van der Waals surface area (Å²) in [4.78, 5) is 12.2. The van der Waals surface area contributed by atoms with E-state index < -0.39 is 26.0 Å².